The number of anilines is 1. The van der Waals surface area contributed by atoms with Crippen molar-refractivity contribution in [3.8, 4) is 0 Å². The van der Waals surface area contributed by atoms with Crippen molar-refractivity contribution < 1.29 is 9.53 Å². The second-order valence-corrected chi connectivity index (χ2v) is 8.43. The lowest BCUT2D eigenvalue weighted by atomic mass is 9.70. The Morgan fingerprint density at radius 2 is 1.35 bits per heavy atom. The number of carbonyl (C=O) groups excluding carboxylic acids is 1. The van der Waals surface area contributed by atoms with Crippen molar-refractivity contribution in [2.75, 3.05) is 4.90 Å². The van der Waals surface area contributed by atoms with Crippen LogP contribution in [0.4, 0.5) is 5.69 Å². The lowest BCUT2D eigenvalue weighted by Crippen LogP contribution is -2.28. The first-order chi connectivity index (χ1) is 15.0. The van der Waals surface area contributed by atoms with Gasteiger partial charge in [0.15, 0.2) is 0 Å². The molecule has 1 aliphatic rings. The first-order valence-electron chi connectivity index (χ1n) is 10.5. The van der Waals surface area contributed by atoms with E-state index in [4.69, 9.17) is 4.74 Å². The van der Waals surface area contributed by atoms with E-state index in [1.165, 1.54) is 11.1 Å². The number of esters is 1. The second kappa shape index (κ2) is 8.65. The monoisotopic (exact) mass is 409 g/mol. The molecule has 31 heavy (non-hydrogen) atoms. The van der Waals surface area contributed by atoms with Gasteiger partial charge in [-0.2, -0.15) is 0 Å². The quantitative estimate of drug-likeness (QED) is 0.438. The van der Waals surface area contributed by atoms with Crippen molar-refractivity contribution in [3.05, 3.63) is 126 Å². The zero-order valence-corrected chi connectivity index (χ0v) is 18.2. The molecule has 0 aliphatic carbocycles. The largest absolute Gasteiger partial charge is 0.425 e. The summed E-state index contributed by atoms with van der Waals surface area (Å²) in [6, 6.07) is 29.6. The summed E-state index contributed by atoms with van der Waals surface area (Å²) in [5.41, 5.74) is 3.49. The van der Waals surface area contributed by atoms with E-state index in [9.17, 15) is 4.79 Å². The van der Waals surface area contributed by atoms with E-state index >= 15 is 0 Å². The Morgan fingerprint density at radius 3 is 1.97 bits per heavy atom. The highest BCUT2D eigenvalue weighted by Gasteiger charge is 2.40. The van der Waals surface area contributed by atoms with Crippen LogP contribution in [0.15, 0.2) is 115 Å². The molecular weight excluding hydrogens is 382 g/mol. The molecule has 0 amide bonds. The third kappa shape index (κ3) is 4.31. The molecule has 3 nitrogen and oxygen atoms in total. The van der Waals surface area contributed by atoms with Crippen LogP contribution in [-0.2, 0) is 4.74 Å². The van der Waals surface area contributed by atoms with Gasteiger partial charge in [0.05, 0.1) is 5.56 Å². The Morgan fingerprint density at radius 1 is 0.806 bits per heavy atom. The van der Waals surface area contributed by atoms with Crippen molar-refractivity contribution in [3.63, 3.8) is 0 Å². The standard InChI is InChI=1S/C28H27NO2/c1-21-19-29(24-17-11-6-12-18-24)20-25(31-27(30)23-15-9-5-10-16-23)28(2,3)26(21)22-13-7-4-8-14-22/h4-20,26H,1-3H3. The fourth-order valence-corrected chi connectivity index (χ4v) is 4.30. The van der Waals surface area contributed by atoms with Crippen LogP contribution in [0.1, 0.15) is 42.6 Å². The van der Waals surface area contributed by atoms with Gasteiger partial charge in [-0.1, -0.05) is 80.6 Å². The number of allylic oxidation sites excluding steroid dienone is 2. The molecule has 1 unspecified atom stereocenters. The maximum Gasteiger partial charge on any atom is 0.343 e. The summed E-state index contributed by atoms with van der Waals surface area (Å²) in [5, 5.41) is 0. The molecule has 3 aromatic rings. The minimum atomic E-state index is -0.449. The Bertz CT molecular complexity index is 1100. The van der Waals surface area contributed by atoms with E-state index in [1.54, 1.807) is 12.1 Å². The second-order valence-electron chi connectivity index (χ2n) is 8.43. The van der Waals surface area contributed by atoms with Crippen LogP contribution in [0.25, 0.3) is 0 Å². The zero-order chi connectivity index (χ0) is 21.8. The van der Waals surface area contributed by atoms with Gasteiger partial charge in [0, 0.05) is 29.4 Å². The minimum absolute atomic E-state index is 0.0530. The van der Waals surface area contributed by atoms with E-state index < -0.39 is 5.41 Å². The number of para-hydroxylation sites is 1. The zero-order valence-electron chi connectivity index (χ0n) is 18.2. The predicted octanol–water partition coefficient (Wildman–Crippen LogP) is 6.92. The molecule has 1 heterocycles. The van der Waals surface area contributed by atoms with Crippen molar-refractivity contribution >= 4 is 11.7 Å². The predicted molar refractivity (Wildman–Crippen MR) is 126 cm³/mol. The number of hydrogen-bond donors (Lipinski definition) is 0. The summed E-state index contributed by atoms with van der Waals surface area (Å²) in [6.45, 7) is 6.42. The Hall–Kier alpha value is -3.59. The lowest BCUT2D eigenvalue weighted by molar-refractivity contribution is 0.0533. The van der Waals surface area contributed by atoms with E-state index in [2.05, 4.69) is 51.2 Å². The molecule has 3 heteroatoms. The molecule has 0 aromatic heterocycles. The molecule has 1 aliphatic heterocycles. The van der Waals surface area contributed by atoms with E-state index in [-0.39, 0.29) is 11.9 Å². The van der Waals surface area contributed by atoms with Gasteiger partial charge < -0.3 is 9.64 Å². The number of ether oxygens (including phenoxy) is 1. The Balaban J connectivity index is 1.81. The van der Waals surface area contributed by atoms with Crippen LogP contribution in [0, 0.1) is 5.41 Å². The van der Waals surface area contributed by atoms with E-state index in [0.29, 0.717) is 11.3 Å². The van der Waals surface area contributed by atoms with Gasteiger partial charge in [-0.05, 0) is 42.3 Å². The molecule has 4 rings (SSSR count). The molecule has 1 atom stereocenters. The van der Waals surface area contributed by atoms with Crippen molar-refractivity contribution in [2.24, 2.45) is 5.41 Å². The van der Waals surface area contributed by atoms with Gasteiger partial charge in [-0.3, -0.25) is 0 Å². The summed E-state index contributed by atoms with van der Waals surface area (Å²) >= 11 is 0. The molecule has 0 N–H and O–H groups in total. The normalized spacial score (nSPS) is 17.9. The van der Waals surface area contributed by atoms with Crippen LogP contribution < -0.4 is 4.90 Å². The van der Waals surface area contributed by atoms with Crippen LogP contribution >= 0.6 is 0 Å². The fraction of sp³-hybridized carbons (Fsp3) is 0.179. The Labute approximate surface area is 184 Å². The van der Waals surface area contributed by atoms with Crippen LogP contribution in [0.3, 0.4) is 0 Å². The third-order valence-corrected chi connectivity index (χ3v) is 5.81. The molecule has 0 fully saturated rings. The van der Waals surface area contributed by atoms with Gasteiger partial charge in [0.25, 0.3) is 0 Å². The maximum absolute atomic E-state index is 13.0. The topological polar surface area (TPSA) is 29.5 Å². The van der Waals surface area contributed by atoms with Crippen LogP contribution in [0.5, 0.6) is 0 Å². The highest BCUT2D eigenvalue weighted by atomic mass is 16.5. The van der Waals surface area contributed by atoms with Gasteiger partial charge >= 0.3 is 5.97 Å². The molecule has 0 saturated heterocycles. The Kier molecular flexibility index (Phi) is 5.77. The van der Waals surface area contributed by atoms with Gasteiger partial charge in [0.1, 0.15) is 5.76 Å². The molecule has 0 spiro atoms. The van der Waals surface area contributed by atoms with Gasteiger partial charge in [0.2, 0.25) is 0 Å². The number of rotatable bonds is 4. The highest BCUT2D eigenvalue weighted by molar-refractivity contribution is 5.90. The van der Waals surface area contributed by atoms with E-state index in [0.717, 1.165) is 5.69 Å². The smallest absolute Gasteiger partial charge is 0.343 e. The van der Waals surface area contributed by atoms with Crippen LogP contribution in [0.2, 0.25) is 0 Å². The number of hydrogen-bond acceptors (Lipinski definition) is 3. The minimum Gasteiger partial charge on any atom is -0.425 e. The average molecular weight is 410 g/mol. The van der Waals surface area contributed by atoms with Gasteiger partial charge in [-0.15, -0.1) is 0 Å². The van der Waals surface area contributed by atoms with Gasteiger partial charge in [-0.25, -0.2) is 4.79 Å². The molecule has 0 bridgehead atoms. The first kappa shape index (κ1) is 20.7. The summed E-state index contributed by atoms with van der Waals surface area (Å²) in [5.74, 6) is 0.337. The maximum atomic E-state index is 13.0. The third-order valence-electron chi connectivity index (χ3n) is 5.81. The fourth-order valence-electron chi connectivity index (χ4n) is 4.30. The SMILES string of the molecule is CC1=CN(c2ccccc2)C=C(OC(=O)c2ccccc2)C(C)(C)C1c1ccccc1. The first-order valence-corrected chi connectivity index (χ1v) is 10.5. The highest BCUT2D eigenvalue weighted by Crippen LogP contribution is 2.48. The van der Waals surface area contributed by atoms with Crippen LogP contribution in [-0.4, -0.2) is 5.97 Å². The lowest BCUT2D eigenvalue weighted by Gasteiger charge is -2.35. The number of benzene rings is 3. The molecular formula is C28H27NO2. The molecule has 0 radical (unpaired) electrons. The summed E-state index contributed by atoms with van der Waals surface area (Å²) in [4.78, 5) is 15.0. The number of nitrogens with zero attached hydrogens (tertiary/aromatic N) is 1. The summed E-state index contributed by atoms with van der Waals surface area (Å²) < 4.78 is 6.07. The van der Waals surface area contributed by atoms with Crippen molar-refractivity contribution in [1.82, 2.24) is 0 Å². The molecule has 0 saturated carbocycles. The number of carbonyl (C=O) groups is 1. The van der Waals surface area contributed by atoms with Crippen molar-refractivity contribution in [1.29, 1.82) is 0 Å². The summed E-state index contributed by atoms with van der Waals surface area (Å²) in [7, 11) is 0. The van der Waals surface area contributed by atoms with E-state index in [1.807, 2.05) is 65.7 Å². The molecule has 156 valence electrons. The van der Waals surface area contributed by atoms with Crippen molar-refractivity contribution in [2.45, 2.75) is 26.7 Å². The molecule has 3 aromatic carbocycles. The summed E-state index contributed by atoms with van der Waals surface area (Å²) in [6.07, 6.45) is 4.08. The average Bonchev–Trinajstić information content (AvgIpc) is 2.89.